The van der Waals surface area contributed by atoms with Crippen molar-refractivity contribution < 1.29 is 0 Å². The summed E-state index contributed by atoms with van der Waals surface area (Å²) in [5, 5.41) is 5.04. The van der Waals surface area contributed by atoms with Crippen molar-refractivity contribution in [1.82, 2.24) is 15.8 Å². The molecule has 0 spiro atoms. The Labute approximate surface area is 72.5 Å². The van der Waals surface area contributed by atoms with Crippen LogP contribution in [-0.4, -0.2) is 37.1 Å². The largest absolute Gasteiger partial charge is 0.278 e. The molecule has 0 aromatic rings. The van der Waals surface area contributed by atoms with E-state index >= 15 is 0 Å². The summed E-state index contributed by atoms with van der Waals surface area (Å²) in [5.41, 5.74) is 3.13. The highest BCUT2D eigenvalue weighted by Crippen LogP contribution is 1.94. The molecular weight excluding hydrogens is 154 g/mol. The Balaban J connectivity index is 2.45. The van der Waals surface area contributed by atoms with Gasteiger partial charge in [0.25, 0.3) is 0 Å². The van der Waals surface area contributed by atoms with Crippen molar-refractivity contribution in [3.8, 4) is 0 Å². The topological polar surface area (TPSA) is 52.0 Å². The Kier molecular flexibility index (Phi) is 3.69. The lowest BCUT2D eigenvalue weighted by atomic mass is 10.6. The van der Waals surface area contributed by atoms with Crippen molar-refractivity contribution in [1.29, 1.82) is 0 Å². The maximum Gasteiger partial charge on any atom is 0.192 e. The molecule has 0 aromatic heterocycles. The summed E-state index contributed by atoms with van der Waals surface area (Å²) in [6.45, 7) is 5.84. The number of rotatable bonds is 4. The lowest BCUT2D eigenvalue weighted by molar-refractivity contribution is 0.212. The summed E-state index contributed by atoms with van der Waals surface area (Å²) in [7, 11) is 0. The first-order valence-electron chi connectivity index (χ1n) is 4.18. The van der Waals surface area contributed by atoms with Gasteiger partial charge in [0.1, 0.15) is 12.7 Å². The molecule has 1 rings (SSSR count). The normalized spacial score (nSPS) is 21.8. The molecule has 0 saturated heterocycles. The molecule has 0 aromatic carbocycles. The Hall–Kier alpha value is -0.940. The number of hydrazine groups is 1. The molecule has 0 fully saturated rings. The van der Waals surface area contributed by atoms with Crippen molar-refractivity contribution >= 4 is 12.7 Å². The third-order valence-corrected chi connectivity index (χ3v) is 1.46. The van der Waals surface area contributed by atoms with E-state index in [-0.39, 0.29) is 6.29 Å². The minimum Gasteiger partial charge on any atom is -0.278 e. The maximum atomic E-state index is 4.15. The zero-order chi connectivity index (χ0) is 8.81. The predicted molar refractivity (Wildman–Crippen MR) is 50.0 cm³/mol. The Morgan fingerprint density at radius 1 is 1.42 bits per heavy atom. The molecule has 0 bridgehead atoms. The van der Waals surface area contributed by atoms with E-state index in [1.54, 1.807) is 12.7 Å². The molecule has 5 nitrogen and oxygen atoms in total. The fourth-order valence-electron chi connectivity index (χ4n) is 0.982. The molecular formula is C7H15N5. The van der Waals surface area contributed by atoms with E-state index in [0.717, 1.165) is 13.1 Å². The van der Waals surface area contributed by atoms with Gasteiger partial charge in [0, 0.05) is 6.54 Å². The Bertz CT molecular complexity index is 157. The molecule has 0 aliphatic carbocycles. The molecule has 0 radical (unpaired) electrons. The molecule has 0 saturated carbocycles. The number of hydrogen-bond donors (Lipinski definition) is 2. The third kappa shape index (κ3) is 2.28. The van der Waals surface area contributed by atoms with E-state index in [0.29, 0.717) is 0 Å². The van der Waals surface area contributed by atoms with Crippen molar-refractivity contribution in [3.63, 3.8) is 0 Å². The first kappa shape index (κ1) is 9.15. The first-order chi connectivity index (χ1) is 5.88. The van der Waals surface area contributed by atoms with E-state index < -0.39 is 0 Å². The van der Waals surface area contributed by atoms with Gasteiger partial charge in [-0.15, -0.1) is 0 Å². The number of nitrogens with one attached hydrogen (secondary N) is 2. The van der Waals surface area contributed by atoms with Crippen LogP contribution in [0.2, 0.25) is 0 Å². The molecule has 1 atom stereocenters. The van der Waals surface area contributed by atoms with E-state index in [1.807, 2.05) is 18.9 Å². The first-order valence-corrected chi connectivity index (χ1v) is 4.18. The minimum absolute atomic E-state index is 0.0209. The monoisotopic (exact) mass is 169 g/mol. The summed E-state index contributed by atoms with van der Waals surface area (Å²) >= 11 is 0. The fraction of sp³-hybridized carbons (Fsp3) is 0.714. The third-order valence-electron chi connectivity index (χ3n) is 1.46. The Morgan fingerprint density at radius 3 is 2.92 bits per heavy atom. The van der Waals surface area contributed by atoms with Crippen LogP contribution in [0.25, 0.3) is 0 Å². The van der Waals surface area contributed by atoms with Gasteiger partial charge in [-0.1, -0.05) is 13.8 Å². The van der Waals surface area contributed by atoms with Crippen LogP contribution >= 0.6 is 0 Å². The quantitative estimate of drug-likeness (QED) is 0.611. The van der Waals surface area contributed by atoms with Crippen LogP contribution in [0.15, 0.2) is 9.98 Å². The van der Waals surface area contributed by atoms with Crippen molar-refractivity contribution in [2.45, 2.75) is 20.1 Å². The Morgan fingerprint density at radius 2 is 2.25 bits per heavy atom. The number of hydrogen-bond acceptors (Lipinski definition) is 5. The summed E-state index contributed by atoms with van der Waals surface area (Å²) < 4.78 is 0. The highest BCUT2D eigenvalue weighted by atomic mass is 15.6. The number of aliphatic imine (C=N–C) groups is 2. The zero-order valence-corrected chi connectivity index (χ0v) is 7.49. The zero-order valence-electron chi connectivity index (χ0n) is 7.49. The highest BCUT2D eigenvalue weighted by molar-refractivity contribution is 5.73. The lowest BCUT2D eigenvalue weighted by Gasteiger charge is -2.28. The van der Waals surface area contributed by atoms with Crippen LogP contribution in [0, 0.1) is 0 Å². The highest BCUT2D eigenvalue weighted by Gasteiger charge is 2.13. The average Bonchev–Trinajstić information content (AvgIpc) is 2.09. The van der Waals surface area contributed by atoms with Gasteiger partial charge in [-0.3, -0.25) is 10.3 Å². The minimum atomic E-state index is -0.0209. The fourth-order valence-corrected chi connectivity index (χ4v) is 0.982. The molecule has 1 aliphatic heterocycles. The second-order valence-corrected chi connectivity index (χ2v) is 2.38. The van der Waals surface area contributed by atoms with Gasteiger partial charge in [0.05, 0.1) is 0 Å². The van der Waals surface area contributed by atoms with Gasteiger partial charge in [-0.05, 0) is 6.54 Å². The van der Waals surface area contributed by atoms with Crippen molar-refractivity contribution in [3.05, 3.63) is 0 Å². The molecule has 1 unspecified atom stereocenters. The standard InChI is InChI=1S/C7H15N5/c1-3-9-7-10-5-8-6-12(7)11-4-2/h5-7,9,11H,3-4H2,1-2H3. The van der Waals surface area contributed by atoms with E-state index in [2.05, 4.69) is 20.7 Å². The predicted octanol–water partition coefficient (Wildman–Crippen LogP) is -0.224. The molecule has 1 aliphatic rings. The molecule has 0 amide bonds. The van der Waals surface area contributed by atoms with E-state index in [4.69, 9.17) is 0 Å². The van der Waals surface area contributed by atoms with Crippen molar-refractivity contribution in [2.24, 2.45) is 9.98 Å². The molecule has 12 heavy (non-hydrogen) atoms. The molecule has 2 N–H and O–H groups in total. The van der Waals surface area contributed by atoms with Gasteiger partial charge >= 0.3 is 0 Å². The summed E-state index contributed by atoms with van der Waals surface area (Å²) in [6.07, 6.45) is 3.26. The maximum absolute atomic E-state index is 4.15. The van der Waals surface area contributed by atoms with Crippen LogP contribution in [0.3, 0.4) is 0 Å². The lowest BCUT2D eigenvalue weighted by Crippen LogP contribution is -2.52. The van der Waals surface area contributed by atoms with Crippen LogP contribution < -0.4 is 10.7 Å². The van der Waals surface area contributed by atoms with Gasteiger partial charge in [-0.25, -0.2) is 15.4 Å². The molecule has 68 valence electrons. The second-order valence-electron chi connectivity index (χ2n) is 2.38. The second kappa shape index (κ2) is 4.84. The number of nitrogens with zero attached hydrogens (tertiary/aromatic N) is 3. The average molecular weight is 169 g/mol. The van der Waals surface area contributed by atoms with Crippen LogP contribution in [0.4, 0.5) is 0 Å². The van der Waals surface area contributed by atoms with Gasteiger partial charge in [-0.2, -0.15) is 0 Å². The smallest absolute Gasteiger partial charge is 0.192 e. The van der Waals surface area contributed by atoms with Gasteiger partial charge in [0.15, 0.2) is 6.29 Å². The van der Waals surface area contributed by atoms with E-state index in [9.17, 15) is 0 Å². The van der Waals surface area contributed by atoms with Crippen LogP contribution in [0.5, 0.6) is 0 Å². The summed E-state index contributed by atoms with van der Waals surface area (Å²) in [5.74, 6) is 0. The molecule has 1 heterocycles. The van der Waals surface area contributed by atoms with Crippen molar-refractivity contribution in [2.75, 3.05) is 13.1 Å². The summed E-state index contributed by atoms with van der Waals surface area (Å²) in [6, 6.07) is 0. The van der Waals surface area contributed by atoms with Crippen LogP contribution in [0.1, 0.15) is 13.8 Å². The van der Waals surface area contributed by atoms with E-state index in [1.165, 1.54) is 0 Å². The van der Waals surface area contributed by atoms with Gasteiger partial charge in [0.2, 0.25) is 0 Å². The van der Waals surface area contributed by atoms with Crippen LogP contribution in [-0.2, 0) is 0 Å². The summed E-state index contributed by atoms with van der Waals surface area (Å²) in [4.78, 5) is 8.06. The molecule has 5 heteroatoms. The SMILES string of the molecule is CCNC1N=CN=CN1NCC. The van der Waals surface area contributed by atoms with Gasteiger partial charge < -0.3 is 0 Å².